The molecular weight excluding hydrogens is 292 g/mol. The number of aromatic nitrogens is 2. The Morgan fingerprint density at radius 3 is 2.90 bits per heavy atom. The zero-order valence-electron chi connectivity index (χ0n) is 12.8. The molecule has 1 aromatic heterocycles. The Morgan fingerprint density at radius 2 is 2.29 bits per heavy atom. The van der Waals surface area contributed by atoms with Crippen LogP contribution in [-0.2, 0) is 21.3 Å². The summed E-state index contributed by atoms with van der Waals surface area (Å²) >= 11 is 0. The molecule has 1 fully saturated rings. The largest absolute Gasteiger partial charge is 0.381 e. The molecule has 0 amide bonds. The normalized spacial score (nSPS) is 20.8. The van der Waals surface area contributed by atoms with Gasteiger partial charge in [0.25, 0.3) is 0 Å². The fraction of sp³-hybridized carbons (Fsp3) is 0.769. The van der Waals surface area contributed by atoms with Gasteiger partial charge in [-0.05, 0) is 26.8 Å². The van der Waals surface area contributed by atoms with Crippen molar-refractivity contribution in [1.29, 1.82) is 0 Å². The van der Waals surface area contributed by atoms with Crippen LogP contribution in [0.5, 0.6) is 0 Å². The Kier molecular flexibility index (Phi) is 5.37. The lowest BCUT2D eigenvalue weighted by Crippen LogP contribution is -2.39. The van der Waals surface area contributed by atoms with E-state index in [2.05, 4.69) is 20.2 Å². The van der Waals surface area contributed by atoms with Crippen LogP contribution in [0.1, 0.15) is 31.7 Å². The maximum Gasteiger partial charge on any atom is 0.244 e. The van der Waals surface area contributed by atoms with Crippen LogP contribution in [0.25, 0.3) is 0 Å². The van der Waals surface area contributed by atoms with Crippen molar-refractivity contribution in [2.45, 2.75) is 44.7 Å². The van der Waals surface area contributed by atoms with Gasteiger partial charge < -0.3 is 10.1 Å². The number of aromatic amines is 1. The summed E-state index contributed by atoms with van der Waals surface area (Å²) in [6, 6.07) is -0.154. The third-order valence-corrected chi connectivity index (χ3v) is 5.55. The van der Waals surface area contributed by atoms with E-state index in [4.69, 9.17) is 4.74 Å². The standard InChI is InChI=1S/C13H24N4O3S/c1-4-14-7-12-13(10(3)15-16-12)21(18,19)17-9(2)11-5-6-20-8-11/h9,11,14,17H,4-8H2,1-3H3,(H,15,16). The van der Waals surface area contributed by atoms with Gasteiger partial charge in [-0.3, -0.25) is 5.10 Å². The predicted octanol–water partition coefficient (Wildman–Crippen LogP) is 0.531. The van der Waals surface area contributed by atoms with Crippen molar-refractivity contribution in [3.63, 3.8) is 0 Å². The molecular formula is C13H24N4O3S. The molecule has 0 bridgehead atoms. The molecule has 0 spiro atoms. The lowest BCUT2D eigenvalue weighted by Gasteiger charge is -2.19. The molecule has 0 saturated carbocycles. The van der Waals surface area contributed by atoms with Gasteiger partial charge >= 0.3 is 0 Å². The monoisotopic (exact) mass is 316 g/mol. The summed E-state index contributed by atoms with van der Waals surface area (Å²) in [7, 11) is -3.58. The Labute approximate surface area is 125 Å². The molecule has 8 heteroatoms. The molecule has 21 heavy (non-hydrogen) atoms. The summed E-state index contributed by atoms with van der Waals surface area (Å²) in [6.07, 6.45) is 0.887. The van der Waals surface area contributed by atoms with Crippen molar-refractivity contribution in [2.24, 2.45) is 5.92 Å². The molecule has 7 nitrogen and oxygen atoms in total. The average molecular weight is 316 g/mol. The molecule has 2 unspecified atom stereocenters. The summed E-state index contributed by atoms with van der Waals surface area (Å²) in [5.41, 5.74) is 1.09. The Morgan fingerprint density at radius 1 is 1.52 bits per heavy atom. The van der Waals surface area contributed by atoms with Gasteiger partial charge in [0.1, 0.15) is 4.90 Å². The summed E-state index contributed by atoms with van der Waals surface area (Å²) < 4.78 is 33.3. The van der Waals surface area contributed by atoms with Gasteiger partial charge in [-0.25, -0.2) is 13.1 Å². The number of hydrogen-bond acceptors (Lipinski definition) is 5. The molecule has 0 radical (unpaired) electrons. The first-order valence-corrected chi connectivity index (χ1v) is 8.78. The van der Waals surface area contributed by atoms with Crippen molar-refractivity contribution >= 4 is 10.0 Å². The van der Waals surface area contributed by atoms with Crippen molar-refractivity contribution < 1.29 is 13.2 Å². The lowest BCUT2D eigenvalue weighted by atomic mass is 10.0. The van der Waals surface area contributed by atoms with Gasteiger partial charge in [0, 0.05) is 25.1 Å². The third kappa shape index (κ3) is 3.82. The van der Waals surface area contributed by atoms with E-state index in [0.717, 1.165) is 13.0 Å². The van der Waals surface area contributed by atoms with Gasteiger partial charge in [0.2, 0.25) is 10.0 Å². The number of hydrogen-bond donors (Lipinski definition) is 3. The highest BCUT2D eigenvalue weighted by atomic mass is 32.2. The van der Waals surface area contributed by atoms with Crippen molar-refractivity contribution in [2.75, 3.05) is 19.8 Å². The Bertz CT molecular complexity index is 564. The molecule has 120 valence electrons. The van der Waals surface area contributed by atoms with E-state index in [1.54, 1.807) is 6.92 Å². The zero-order chi connectivity index (χ0) is 15.5. The molecule has 1 aliphatic rings. The lowest BCUT2D eigenvalue weighted by molar-refractivity contribution is 0.180. The second kappa shape index (κ2) is 6.87. The minimum atomic E-state index is -3.58. The van der Waals surface area contributed by atoms with Crippen molar-refractivity contribution in [3.8, 4) is 0 Å². The smallest absolute Gasteiger partial charge is 0.244 e. The summed E-state index contributed by atoms with van der Waals surface area (Å²) in [5, 5.41) is 9.96. The maximum atomic E-state index is 12.6. The van der Waals surface area contributed by atoms with E-state index in [1.807, 2.05) is 13.8 Å². The van der Waals surface area contributed by atoms with Crippen LogP contribution in [0, 0.1) is 12.8 Å². The highest BCUT2D eigenvalue weighted by Crippen LogP contribution is 2.21. The SMILES string of the molecule is CCNCc1n[nH]c(C)c1S(=O)(=O)NC(C)C1CCOC1. The molecule has 0 aliphatic carbocycles. The van der Waals surface area contributed by atoms with Crippen LogP contribution in [-0.4, -0.2) is 44.4 Å². The first-order chi connectivity index (χ1) is 9.95. The van der Waals surface area contributed by atoms with E-state index in [9.17, 15) is 8.42 Å². The van der Waals surface area contributed by atoms with Gasteiger partial charge in [0.15, 0.2) is 0 Å². The fourth-order valence-corrected chi connectivity index (χ4v) is 4.21. The topological polar surface area (TPSA) is 96.1 Å². The first-order valence-electron chi connectivity index (χ1n) is 7.30. The van der Waals surface area contributed by atoms with Gasteiger partial charge in [-0.2, -0.15) is 5.10 Å². The van der Waals surface area contributed by atoms with Gasteiger partial charge in [-0.15, -0.1) is 0 Å². The number of nitrogens with zero attached hydrogens (tertiary/aromatic N) is 1. The molecule has 1 saturated heterocycles. The average Bonchev–Trinajstić information content (AvgIpc) is 3.05. The molecule has 2 atom stereocenters. The van der Waals surface area contributed by atoms with Crippen LogP contribution >= 0.6 is 0 Å². The predicted molar refractivity (Wildman–Crippen MR) is 79.4 cm³/mol. The second-order valence-corrected chi connectivity index (χ2v) is 7.09. The van der Waals surface area contributed by atoms with Gasteiger partial charge in [-0.1, -0.05) is 6.92 Å². The molecule has 1 aromatic rings. The Balaban J connectivity index is 2.16. The zero-order valence-corrected chi connectivity index (χ0v) is 13.6. The van der Waals surface area contributed by atoms with Crippen LogP contribution < -0.4 is 10.0 Å². The van der Waals surface area contributed by atoms with Crippen LogP contribution in [0.15, 0.2) is 4.90 Å². The third-order valence-electron chi connectivity index (χ3n) is 3.79. The minimum Gasteiger partial charge on any atom is -0.381 e. The fourth-order valence-electron chi connectivity index (χ4n) is 2.54. The Hall–Kier alpha value is -0.960. The van der Waals surface area contributed by atoms with Gasteiger partial charge in [0.05, 0.1) is 18.0 Å². The highest BCUT2D eigenvalue weighted by molar-refractivity contribution is 7.89. The summed E-state index contributed by atoms with van der Waals surface area (Å²) in [6.45, 7) is 8.07. The number of sulfonamides is 1. The number of H-pyrrole nitrogens is 1. The summed E-state index contributed by atoms with van der Waals surface area (Å²) in [5.74, 6) is 0.226. The van der Waals surface area contributed by atoms with Crippen LogP contribution in [0.2, 0.25) is 0 Å². The number of nitrogens with one attached hydrogen (secondary N) is 3. The van der Waals surface area contributed by atoms with Crippen molar-refractivity contribution in [1.82, 2.24) is 20.2 Å². The van der Waals surface area contributed by atoms with E-state index in [1.165, 1.54) is 0 Å². The molecule has 1 aliphatic heterocycles. The molecule has 2 heterocycles. The second-order valence-electron chi connectivity index (χ2n) is 5.44. The molecule has 2 rings (SSSR count). The molecule has 0 aromatic carbocycles. The highest BCUT2D eigenvalue weighted by Gasteiger charge is 2.30. The molecule has 3 N–H and O–H groups in total. The summed E-state index contributed by atoms with van der Waals surface area (Å²) in [4.78, 5) is 0.259. The quantitative estimate of drug-likeness (QED) is 0.682. The maximum absolute atomic E-state index is 12.6. The number of aryl methyl sites for hydroxylation is 1. The van der Waals surface area contributed by atoms with E-state index in [-0.39, 0.29) is 16.9 Å². The van der Waals surface area contributed by atoms with E-state index >= 15 is 0 Å². The van der Waals surface area contributed by atoms with Crippen LogP contribution in [0.3, 0.4) is 0 Å². The first kappa shape index (κ1) is 16.4. The number of ether oxygens (including phenoxy) is 1. The van der Waals surface area contributed by atoms with Crippen molar-refractivity contribution in [3.05, 3.63) is 11.4 Å². The van der Waals surface area contributed by atoms with E-state index in [0.29, 0.717) is 31.1 Å². The minimum absolute atomic E-state index is 0.154. The number of rotatable bonds is 7. The van der Waals surface area contributed by atoms with E-state index < -0.39 is 10.0 Å². The van der Waals surface area contributed by atoms with Crippen LogP contribution in [0.4, 0.5) is 0 Å².